The first-order valence-corrected chi connectivity index (χ1v) is 11.1. The molecule has 29 heavy (non-hydrogen) atoms. The minimum Gasteiger partial charge on any atom is -0.487 e. The van der Waals surface area contributed by atoms with E-state index in [0.29, 0.717) is 13.0 Å². The van der Waals surface area contributed by atoms with Gasteiger partial charge in [-0.05, 0) is 48.6 Å². The van der Waals surface area contributed by atoms with E-state index in [4.69, 9.17) is 4.74 Å². The van der Waals surface area contributed by atoms with Crippen LogP contribution in [0.3, 0.4) is 0 Å². The van der Waals surface area contributed by atoms with E-state index in [2.05, 4.69) is 21.7 Å². The Morgan fingerprint density at radius 1 is 1.31 bits per heavy atom. The van der Waals surface area contributed by atoms with Gasteiger partial charge in [-0.3, -0.25) is 14.6 Å². The number of pyridine rings is 1. The Hall–Kier alpha value is -2.54. The highest BCUT2D eigenvalue weighted by Gasteiger charge is 2.28. The minimum absolute atomic E-state index is 0.141. The van der Waals surface area contributed by atoms with Gasteiger partial charge in [0.05, 0.1) is 12.2 Å². The van der Waals surface area contributed by atoms with Crippen molar-refractivity contribution in [2.75, 3.05) is 18.6 Å². The molecule has 2 amide bonds. The lowest BCUT2D eigenvalue weighted by atomic mass is 10.0. The fourth-order valence-electron chi connectivity index (χ4n) is 3.49. The molecule has 1 aliphatic rings. The Balaban J connectivity index is 1.65. The third kappa shape index (κ3) is 5.29. The summed E-state index contributed by atoms with van der Waals surface area (Å²) in [4.78, 5) is 28.5. The van der Waals surface area contributed by atoms with Crippen molar-refractivity contribution in [1.29, 1.82) is 0 Å². The van der Waals surface area contributed by atoms with Crippen molar-refractivity contribution in [2.45, 2.75) is 38.8 Å². The topological polar surface area (TPSA) is 80.3 Å². The Kier molecular flexibility index (Phi) is 7.14. The van der Waals surface area contributed by atoms with Gasteiger partial charge in [0.25, 0.3) is 0 Å². The minimum atomic E-state index is -0.518. The predicted molar refractivity (Wildman–Crippen MR) is 116 cm³/mol. The van der Waals surface area contributed by atoms with E-state index in [1.165, 1.54) is 6.92 Å². The van der Waals surface area contributed by atoms with Gasteiger partial charge in [0.15, 0.2) is 0 Å². The number of nitrogens with one attached hydrogen (secondary N) is 2. The van der Waals surface area contributed by atoms with Crippen molar-refractivity contribution in [1.82, 2.24) is 15.6 Å². The number of thioether (sulfide) groups is 1. The molecule has 2 heterocycles. The Bertz CT molecular complexity index is 887. The van der Waals surface area contributed by atoms with Gasteiger partial charge in [0, 0.05) is 25.1 Å². The molecule has 0 radical (unpaired) electrons. The molecule has 6 nitrogen and oxygen atoms in total. The molecular weight excluding hydrogens is 386 g/mol. The number of hydrogen-bond donors (Lipinski definition) is 2. The number of nitrogens with zero attached hydrogens (tertiary/aromatic N) is 1. The number of carbonyl (C=O) groups is 2. The summed E-state index contributed by atoms with van der Waals surface area (Å²) in [6.45, 7) is 3.85. The molecule has 3 rings (SSSR count). The zero-order chi connectivity index (χ0) is 20.8. The fourth-order valence-corrected chi connectivity index (χ4v) is 3.97. The van der Waals surface area contributed by atoms with Crippen LogP contribution < -0.4 is 15.4 Å². The van der Waals surface area contributed by atoms with Gasteiger partial charge < -0.3 is 15.4 Å². The van der Waals surface area contributed by atoms with Crippen LogP contribution in [0.15, 0.2) is 36.5 Å². The molecule has 0 fully saturated rings. The van der Waals surface area contributed by atoms with E-state index in [9.17, 15) is 9.59 Å². The molecule has 2 atom stereocenters. The van der Waals surface area contributed by atoms with Crippen molar-refractivity contribution in [3.05, 3.63) is 47.7 Å². The molecule has 1 aromatic heterocycles. The first-order valence-electron chi connectivity index (χ1n) is 9.74. The SMILES string of the molecule is CSCC[C@H](NC(C)=O)C(=O)NCC1Cc2cccc(-c3ncccc3C)c2O1. The smallest absolute Gasteiger partial charge is 0.242 e. The van der Waals surface area contributed by atoms with Gasteiger partial charge in [0.1, 0.15) is 17.9 Å². The number of hydrogen-bond acceptors (Lipinski definition) is 5. The van der Waals surface area contributed by atoms with Gasteiger partial charge in [-0.15, -0.1) is 0 Å². The first kappa shape index (κ1) is 21.2. The average molecular weight is 414 g/mol. The first-order chi connectivity index (χ1) is 14.0. The standard InChI is InChI=1S/C22H27N3O3S/c1-14-6-5-10-23-20(14)18-8-4-7-16-12-17(28-21(16)18)13-24-22(27)19(9-11-29-3)25-15(2)26/h4-8,10,17,19H,9,11-13H2,1-3H3,(H,24,27)(H,25,26)/t17?,19-/m0/s1. The summed E-state index contributed by atoms with van der Waals surface area (Å²) >= 11 is 1.65. The molecule has 1 aromatic carbocycles. The summed E-state index contributed by atoms with van der Waals surface area (Å²) in [5.74, 6) is 1.27. The normalized spacial score (nSPS) is 15.9. The fraction of sp³-hybridized carbons (Fsp3) is 0.409. The summed E-state index contributed by atoms with van der Waals surface area (Å²) in [5, 5.41) is 5.67. The van der Waals surface area contributed by atoms with Crippen LogP contribution in [0.1, 0.15) is 24.5 Å². The Morgan fingerprint density at radius 2 is 2.14 bits per heavy atom. The van der Waals surface area contributed by atoms with Crippen LogP contribution in [0, 0.1) is 6.92 Å². The highest BCUT2D eigenvalue weighted by Crippen LogP contribution is 2.38. The zero-order valence-electron chi connectivity index (χ0n) is 17.0. The molecule has 0 bridgehead atoms. The van der Waals surface area contributed by atoms with E-state index in [1.807, 2.05) is 37.4 Å². The number of amides is 2. The monoisotopic (exact) mass is 413 g/mol. The quantitative estimate of drug-likeness (QED) is 0.696. The number of para-hydroxylation sites is 1. The lowest BCUT2D eigenvalue weighted by Gasteiger charge is -2.19. The van der Waals surface area contributed by atoms with E-state index in [-0.39, 0.29) is 17.9 Å². The third-order valence-electron chi connectivity index (χ3n) is 4.90. The highest BCUT2D eigenvalue weighted by molar-refractivity contribution is 7.98. The molecule has 2 aromatic rings. The van der Waals surface area contributed by atoms with Crippen LogP contribution >= 0.6 is 11.8 Å². The molecule has 2 N–H and O–H groups in total. The van der Waals surface area contributed by atoms with Crippen molar-refractivity contribution < 1.29 is 14.3 Å². The van der Waals surface area contributed by atoms with Crippen LogP contribution in [-0.4, -0.2) is 47.5 Å². The second kappa shape index (κ2) is 9.78. The number of rotatable bonds is 8. The largest absolute Gasteiger partial charge is 0.487 e. The molecule has 0 spiro atoms. The summed E-state index contributed by atoms with van der Waals surface area (Å²) < 4.78 is 6.19. The molecule has 0 aliphatic carbocycles. The van der Waals surface area contributed by atoms with Gasteiger partial charge in [0.2, 0.25) is 11.8 Å². The molecule has 7 heteroatoms. The summed E-state index contributed by atoms with van der Waals surface area (Å²) in [5.41, 5.74) is 4.10. The van der Waals surface area contributed by atoms with Crippen molar-refractivity contribution in [3.8, 4) is 17.0 Å². The van der Waals surface area contributed by atoms with Crippen molar-refractivity contribution in [2.24, 2.45) is 0 Å². The van der Waals surface area contributed by atoms with E-state index in [0.717, 1.165) is 40.3 Å². The van der Waals surface area contributed by atoms with Crippen LogP contribution in [0.25, 0.3) is 11.3 Å². The van der Waals surface area contributed by atoms with E-state index < -0.39 is 6.04 Å². The van der Waals surface area contributed by atoms with Crippen LogP contribution in [0.4, 0.5) is 0 Å². The van der Waals surface area contributed by atoms with Crippen molar-refractivity contribution in [3.63, 3.8) is 0 Å². The van der Waals surface area contributed by atoms with Crippen LogP contribution in [0.2, 0.25) is 0 Å². The molecule has 0 saturated carbocycles. The van der Waals surface area contributed by atoms with E-state index in [1.54, 1.807) is 18.0 Å². The highest BCUT2D eigenvalue weighted by atomic mass is 32.2. The number of benzene rings is 1. The number of fused-ring (bicyclic) bond motifs is 1. The number of ether oxygens (including phenoxy) is 1. The maximum absolute atomic E-state index is 12.5. The van der Waals surface area contributed by atoms with Gasteiger partial charge in [-0.25, -0.2) is 0 Å². The molecular formula is C22H27N3O3S. The Morgan fingerprint density at radius 3 is 2.86 bits per heavy atom. The predicted octanol–water partition coefficient (Wildman–Crippen LogP) is 2.73. The average Bonchev–Trinajstić information content (AvgIpc) is 3.12. The van der Waals surface area contributed by atoms with Crippen LogP contribution in [0.5, 0.6) is 5.75 Å². The van der Waals surface area contributed by atoms with Gasteiger partial charge >= 0.3 is 0 Å². The summed E-state index contributed by atoms with van der Waals surface area (Å²) in [6, 6.07) is 9.52. The maximum atomic E-state index is 12.5. The zero-order valence-corrected chi connectivity index (χ0v) is 17.8. The van der Waals surface area contributed by atoms with Gasteiger partial charge in [-0.1, -0.05) is 18.2 Å². The lowest BCUT2D eigenvalue weighted by molar-refractivity contribution is -0.128. The maximum Gasteiger partial charge on any atom is 0.242 e. The molecule has 0 saturated heterocycles. The Labute approximate surface area is 175 Å². The summed E-state index contributed by atoms with van der Waals surface area (Å²) in [6.07, 6.45) is 4.95. The molecule has 154 valence electrons. The lowest BCUT2D eigenvalue weighted by Crippen LogP contribution is -2.48. The van der Waals surface area contributed by atoms with Crippen molar-refractivity contribution >= 4 is 23.6 Å². The number of carbonyl (C=O) groups excluding carboxylic acids is 2. The van der Waals surface area contributed by atoms with Crippen LogP contribution in [-0.2, 0) is 16.0 Å². The number of aromatic nitrogens is 1. The summed E-state index contributed by atoms with van der Waals surface area (Å²) in [7, 11) is 0. The van der Waals surface area contributed by atoms with E-state index >= 15 is 0 Å². The molecule has 1 aliphatic heterocycles. The molecule has 1 unspecified atom stereocenters. The number of aryl methyl sites for hydroxylation is 1. The van der Waals surface area contributed by atoms with Gasteiger partial charge in [-0.2, -0.15) is 11.8 Å². The third-order valence-corrected chi connectivity index (χ3v) is 5.55. The second-order valence-corrected chi connectivity index (χ2v) is 8.17. The second-order valence-electron chi connectivity index (χ2n) is 7.19.